The molecule has 0 spiro atoms. The van der Waals surface area contributed by atoms with Crippen LogP contribution in [0, 0.1) is 5.92 Å². The van der Waals surface area contributed by atoms with Gasteiger partial charge in [0.2, 0.25) is 23.6 Å². The van der Waals surface area contributed by atoms with E-state index in [1.165, 1.54) is 24.3 Å². The van der Waals surface area contributed by atoms with Crippen molar-refractivity contribution in [1.29, 1.82) is 0 Å². The van der Waals surface area contributed by atoms with E-state index in [0.29, 0.717) is 5.56 Å². The fraction of sp³-hybridized carbons (Fsp3) is 0.500. The average molecular weight is 496 g/mol. The molecule has 0 aliphatic heterocycles. The third-order valence-corrected chi connectivity index (χ3v) is 5.09. The summed E-state index contributed by atoms with van der Waals surface area (Å²) in [6, 6.07) is 0.663. The Hall–Kier alpha value is -3.71. The summed E-state index contributed by atoms with van der Waals surface area (Å²) in [6.45, 7) is 2.33. The summed E-state index contributed by atoms with van der Waals surface area (Å²) in [6.07, 6.45) is -0.261. The number of aromatic hydroxyl groups is 1. The zero-order valence-electron chi connectivity index (χ0n) is 19.6. The van der Waals surface area contributed by atoms with Crippen molar-refractivity contribution in [3.63, 3.8) is 0 Å². The van der Waals surface area contributed by atoms with E-state index >= 15 is 0 Å². The maximum atomic E-state index is 13.0. The number of hydrogen-bond acceptors (Lipinski definition) is 8. The van der Waals surface area contributed by atoms with Gasteiger partial charge in [0.25, 0.3) is 0 Å². The van der Waals surface area contributed by atoms with Crippen LogP contribution in [0.4, 0.5) is 0 Å². The number of hydrogen-bond donors (Lipinski definition) is 8. The van der Waals surface area contributed by atoms with Gasteiger partial charge in [0.15, 0.2) is 0 Å². The van der Waals surface area contributed by atoms with Crippen LogP contribution in [0.15, 0.2) is 24.3 Å². The van der Waals surface area contributed by atoms with Crippen molar-refractivity contribution in [3.8, 4) is 5.75 Å². The number of nitrogens with two attached hydrogens (primary N) is 2. The topological polar surface area (TPSA) is 234 Å². The van der Waals surface area contributed by atoms with Gasteiger partial charge in [-0.05, 0) is 30.0 Å². The molecular formula is C22H33N5O8. The maximum absolute atomic E-state index is 13.0. The van der Waals surface area contributed by atoms with E-state index in [1.807, 2.05) is 0 Å². The molecule has 13 heteroatoms. The Morgan fingerprint density at radius 3 is 1.94 bits per heavy atom. The molecule has 4 unspecified atom stereocenters. The highest BCUT2D eigenvalue weighted by Crippen LogP contribution is 2.12. The summed E-state index contributed by atoms with van der Waals surface area (Å²) in [7, 11) is 0. The number of carboxylic acids is 1. The van der Waals surface area contributed by atoms with Gasteiger partial charge < -0.3 is 42.7 Å². The molecule has 4 amide bonds. The maximum Gasteiger partial charge on any atom is 0.326 e. The van der Waals surface area contributed by atoms with Crippen molar-refractivity contribution in [2.75, 3.05) is 6.61 Å². The van der Waals surface area contributed by atoms with Crippen molar-refractivity contribution >= 4 is 29.6 Å². The van der Waals surface area contributed by atoms with E-state index in [2.05, 4.69) is 16.0 Å². The number of carbonyl (C=O) groups is 5. The van der Waals surface area contributed by atoms with E-state index in [9.17, 15) is 39.3 Å². The third-order valence-electron chi connectivity index (χ3n) is 5.09. The number of phenolic OH excluding ortho intramolecular Hbond substituents is 1. The number of carboxylic acid groups (broad SMARTS) is 1. The molecule has 0 bridgehead atoms. The van der Waals surface area contributed by atoms with Crippen LogP contribution in [0.2, 0.25) is 0 Å². The number of aliphatic hydroxyl groups is 1. The fourth-order valence-corrected chi connectivity index (χ4v) is 3.02. The largest absolute Gasteiger partial charge is 0.508 e. The first-order chi connectivity index (χ1) is 16.3. The van der Waals surface area contributed by atoms with Gasteiger partial charge >= 0.3 is 5.97 Å². The zero-order valence-corrected chi connectivity index (χ0v) is 19.6. The molecule has 13 nitrogen and oxygen atoms in total. The number of carbonyl (C=O) groups excluding carboxylic acids is 4. The number of rotatable bonds is 14. The minimum absolute atomic E-state index is 0.0117. The Balaban J connectivity index is 3.02. The second-order valence-corrected chi connectivity index (χ2v) is 8.36. The molecule has 0 heterocycles. The Labute approximate surface area is 202 Å². The molecule has 0 aliphatic rings. The lowest BCUT2D eigenvalue weighted by molar-refractivity contribution is -0.143. The van der Waals surface area contributed by atoms with Crippen molar-refractivity contribution in [3.05, 3.63) is 29.8 Å². The summed E-state index contributed by atoms with van der Waals surface area (Å²) < 4.78 is 0. The Morgan fingerprint density at radius 1 is 0.914 bits per heavy atom. The van der Waals surface area contributed by atoms with Crippen LogP contribution in [0.3, 0.4) is 0 Å². The van der Waals surface area contributed by atoms with Gasteiger partial charge in [-0.3, -0.25) is 19.2 Å². The summed E-state index contributed by atoms with van der Waals surface area (Å²) in [5.41, 5.74) is 11.4. The molecular weight excluding hydrogens is 462 g/mol. The van der Waals surface area contributed by atoms with Crippen LogP contribution >= 0.6 is 0 Å². The first-order valence-corrected chi connectivity index (χ1v) is 10.9. The third kappa shape index (κ3) is 9.98. The summed E-state index contributed by atoms with van der Waals surface area (Å²) in [4.78, 5) is 60.3. The molecule has 35 heavy (non-hydrogen) atoms. The zero-order chi connectivity index (χ0) is 26.7. The minimum atomic E-state index is -1.49. The molecule has 0 radical (unpaired) electrons. The van der Waals surface area contributed by atoms with Crippen LogP contribution in [0.5, 0.6) is 5.75 Å². The van der Waals surface area contributed by atoms with Crippen LogP contribution < -0.4 is 27.4 Å². The van der Waals surface area contributed by atoms with Gasteiger partial charge in [-0.2, -0.15) is 0 Å². The standard InChI is InChI=1S/C22H33N5O8/c1-11(2)18(22(34)35)27-21(33)16(10-28)26-20(32)15(9-12-3-5-13(29)6-4-12)25-19(31)14(23)7-8-17(24)30/h3-6,11,14-16,18,28-29H,7-10,23H2,1-2H3,(H2,24,30)(H,25,31)(H,26,32)(H,27,33)(H,34,35). The number of primary amides is 1. The molecule has 10 N–H and O–H groups in total. The monoisotopic (exact) mass is 495 g/mol. The van der Waals surface area contributed by atoms with Gasteiger partial charge in [0.05, 0.1) is 12.6 Å². The molecule has 0 saturated carbocycles. The molecule has 1 aromatic carbocycles. The van der Waals surface area contributed by atoms with Crippen LogP contribution in [-0.2, 0) is 30.4 Å². The minimum Gasteiger partial charge on any atom is -0.508 e. The lowest BCUT2D eigenvalue weighted by atomic mass is 10.0. The van der Waals surface area contributed by atoms with Crippen LogP contribution in [0.25, 0.3) is 0 Å². The Bertz CT molecular complexity index is 906. The second-order valence-electron chi connectivity index (χ2n) is 8.36. The highest BCUT2D eigenvalue weighted by Gasteiger charge is 2.31. The number of aliphatic carboxylic acids is 1. The molecule has 0 aliphatic carbocycles. The van der Waals surface area contributed by atoms with Gasteiger partial charge in [0.1, 0.15) is 23.9 Å². The van der Waals surface area contributed by atoms with Gasteiger partial charge in [0, 0.05) is 12.8 Å². The van der Waals surface area contributed by atoms with Gasteiger partial charge in [-0.15, -0.1) is 0 Å². The predicted octanol–water partition coefficient (Wildman–Crippen LogP) is -2.29. The van der Waals surface area contributed by atoms with Gasteiger partial charge in [-0.1, -0.05) is 26.0 Å². The van der Waals surface area contributed by atoms with E-state index in [1.54, 1.807) is 13.8 Å². The number of phenols is 1. The van der Waals surface area contributed by atoms with E-state index < -0.39 is 66.3 Å². The van der Waals surface area contributed by atoms with Crippen molar-refractivity contribution in [1.82, 2.24) is 16.0 Å². The van der Waals surface area contributed by atoms with E-state index in [-0.39, 0.29) is 25.0 Å². The quantitative estimate of drug-likeness (QED) is 0.138. The van der Waals surface area contributed by atoms with Crippen molar-refractivity contribution < 1.29 is 39.3 Å². The fourth-order valence-electron chi connectivity index (χ4n) is 3.02. The highest BCUT2D eigenvalue weighted by molar-refractivity contribution is 5.94. The van der Waals surface area contributed by atoms with Crippen molar-refractivity contribution in [2.24, 2.45) is 17.4 Å². The molecule has 0 fully saturated rings. The summed E-state index contributed by atoms with van der Waals surface area (Å²) in [5, 5.41) is 35.4. The highest BCUT2D eigenvalue weighted by atomic mass is 16.4. The smallest absolute Gasteiger partial charge is 0.326 e. The number of benzene rings is 1. The van der Waals surface area contributed by atoms with Gasteiger partial charge in [-0.25, -0.2) is 4.79 Å². The Kier molecular flexibility index (Phi) is 11.6. The molecule has 0 saturated heterocycles. The average Bonchev–Trinajstić information content (AvgIpc) is 2.79. The van der Waals surface area contributed by atoms with Crippen LogP contribution in [-0.4, -0.2) is 75.7 Å². The lowest BCUT2D eigenvalue weighted by Crippen LogP contribution is -2.59. The number of aliphatic hydroxyl groups excluding tert-OH is 1. The SMILES string of the molecule is CC(C)C(NC(=O)C(CO)NC(=O)C(Cc1ccc(O)cc1)NC(=O)C(N)CCC(N)=O)C(=O)O. The molecule has 194 valence electrons. The summed E-state index contributed by atoms with van der Waals surface area (Å²) >= 11 is 0. The molecule has 1 rings (SSSR count). The normalized spacial score (nSPS) is 14.3. The lowest BCUT2D eigenvalue weighted by Gasteiger charge is -2.25. The number of amides is 4. The molecule has 1 aromatic rings. The first kappa shape index (κ1) is 29.3. The Morgan fingerprint density at radius 2 is 1.46 bits per heavy atom. The number of nitrogens with one attached hydrogen (secondary N) is 3. The predicted molar refractivity (Wildman–Crippen MR) is 124 cm³/mol. The second kappa shape index (κ2) is 13.9. The first-order valence-electron chi connectivity index (χ1n) is 10.9. The van der Waals surface area contributed by atoms with Crippen LogP contribution in [0.1, 0.15) is 32.3 Å². The summed E-state index contributed by atoms with van der Waals surface area (Å²) in [5.74, 6) is -4.92. The van der Waals surface area contributed by atoms with E-state index in [4.69, 9.17) is 11.5 Å². The van der Waals surface area contributed by atoms with E-state index in [0.717, 1.165) is 0 Å². The molecule has 0 aromatic heterocycles. The van der Waals surface area contributed by atoms with Crippen molar-refractivity contribution in [2.45, 2.75) is 57.3 Å². The molecule has 4 atom stereocenters.